The monoisotopic (exact) mass is 509 g/mol. The summed E-state index contributed by atoms with van der Waals surface area (Å²) in [7, 11) is -7.16. The first kappa shape index (κ1) is 26.0. The summed E-state index contributed by atoms with van der Waals surface area (Å²) in [6, 6.07) is 13.8. The molecule has 2 aromatic rings. The second-order valence-corrected chi connectivity index (χ2v) is 11.8. The minimum atomic E-state index is -3.68. The van der Waals surface area contributed by atoms with Gasteiger partial charge in [0.15, 0.2) is 0 Å². The zero-order valence-corrected chi connectivity index (χ0v) is 21.0. The molecule has 2 aromatic carbocycles. The molecule has 186 valence electrons. The largest absolute Gasteiger partial charge is 0.492 e. The maximum absolute atomic E-state index is 12.8. The predicted molar refractivity (Wildman–Crippen MR) is 131 cm³/mol. The number of nitrogens with zero attached hydrogens (tertiary/aromatic N) is 2. The van der Waals surface area contributed by atoms with Gasteiger partial charge in [0.1, 0.15) is 18.4 Å². The molecule has 1 amide bonds. The van der Waals surface area contributed by atoms with Gasteiger partial charge in [0.25, 0.3) is 0 Å². The van der Waals surface area contributed by atoms with E-state index in [1.807, 2.05) is 0 Å². The molecule has 1 aliphatic heterocycles. The topological polar surface area (TPSA) is 113 Å². The van der Waals surface area contributed by atoms with Crippen molar-refractivity contribution in [3.05, 3.63) is 54.6 Å². The number of hydrogen-bond acceptors (Lipinski definition) is 6. The molecule has 1 fully saturated rings. The summed E-state index contributed by atoms with van der Waals surface area (Å²) < 4.78 is 58.2. The van der Waals surface area contributed by atoms with Crippen LogP contribution in [0.5, 0.6) is 5.75 Å². The summed E-state index contributed by atoms with van der Waals surface area (Å²) in [4.78, 5) is 13.0. The number of carbonyl (C=O) groups is 1. The van der Waals surface area contributed by atoms with E-state index >= 15 is 0 Å². The van der Waals surface area contributed by atoms with Crippen LogP contribution in [0.2, 0.25) is 0 Å². The Kier molecular flexibility index (Phi) is 8.56. The Labute approximate surface area is 201 Å². The standard InChI is InChI=1S/C23H31N3O6S2/c1-3-22(26(33(2,28)29)19-9-5-4-6-10-19)23(27)24-15-18-32-20-11-13-21(14-12-20)34(30,31)25-16-7-8-17-25/h4-6,9-14,22H,3,7-8,15-18H2,1-2H3,(H,24,27)/t22-/m0/s1. The van der Waals surface area contributed by atoms with Gasteiger partial charge in [0.05, 0.1) is 23.4 Å². The Hall–Kier alpha value is -2.63. The molecule has 0 spiro atoms. The molecule has 1 N–H and O–H groups in total. The van der Waals surface area contributed by atoms with E-state index in [1.165, 1.54) is 16.4 Å². The molecular formula is C23H31N3O6S2. The molecule has 1 saturated heterocycles. The lowest BCUT2D eigenvalue weighted by molar-refractivity contribution is -0.122. The number of rotatable bonds is 11. The zero-order chi connectivity index (χ0) is 24.8. The third-order valence-corrected chi connectivity index (χ3v) is 8.63. The van der Waals surface area contributed by atoms with E-state index in [9.17, 15) is 21.6 Å². The van der Waals surface area contributed by atoms with E-state index in [-0.39, 0.29) is 18.0 Å². The van der Waals surface area contributed by atoms with E-state index in [4.69, 9.17) is 4.74 Å². The van der Waals surface area contributed by atoms with Crippen LogP contribution in [0.1, 0.15) is 26.2 Å². The summed E-state index contributed by atoms with van der Waals surface area (Å²) >= 11 is 0. The third-order valence-electron chi connectivity index (χ3n) is 5.54. The maximum Gasteiger partial charge on any atom is 0.244 e. The molecule has 9 nitrogen and oxygen atoms in total. The smallest absolute Gasteiger partial charge is 0.244 e. The number of nitrogens with one attached hydrogen (secondary N) is 1. The van der Waals surface area contributed by atoms with E-state index in [0.29, 0.717) is 30.9 Å². The molecule has 1 aliphatic rings. The fraction of sp³-hybridized carbons (Fsp3) is 0.435. The fourth-order valence-corrected chi connectivity index (χ4v) is 6.61. The van der Waals surface area contributed by atoms with Crippen LogP contribution in [-0.4, -0.2) is 65.6 Å². The first-order chi connectivity index (χ1) is 16.1. The van der Waals surface area contributed by atoms with Gasteiger partial charge in [0, 0.05) is 13.1 Å². The molecule has 34 heavy (non-hydrogen) atoms. The van der Waals surface area contributed by atoms with E-state index < -0.39 is 32.0 Å². The summed E-state index contributed by atoms with van der Waals surface area (Å²) in [6.45, 7) is 3.14. The van der Waals surface area contributed by atoms with Crippen molar-refractivity contribution in [2.24, 2.45) is 0 Å². The van der Waals surface area contributed by atoms with Gasteiger partial charge in [0.2, 0.25) is 26.0 Å². The normalized spacial score (nSPS) is 15.6. The van der Waals surface area contributed by atoms with Gasteiger partial charge in [-0.25, -0.2) is 16.8 Å². The zero-order valence-electron chi connectivity index (χ0n) is 19.4. The Balaban J connectivity index is 1.56. The number of para-hydroxylation sites is 1. The number of hydrogen-bond donors (Lipinski definition) is 1. The van der Waals surface area contributed by atoms with Gasteiger partial charge in [-0.3, -0.25) is 9.10 Å². The van der Waals surface area contributed by atoms with Crippen molar-refractivity contribution in [1.29, 1.82) is 0 Å². The second kappa shape index (κ2) is 11.2. The quantitative estimate of drug-likeness (QED) is 0.465. The van der Waals surface area contributed by atoms with Gasteiger partial charge in [-0.2, -0.15) is 4.31 Å². The molecule has 1 heterocycles. The fourth-order valence-electron chi connectivity index (χ4n) is 3.88. The van der Waals surface area contributed by atoms with Crippen molar-refractivity contribution in [2.45, 2.75) is 37.1 Å². The summed E-state index contributed by atoms with van der Waals surface area (Å²) in [5, 5.41) is 2.73. The molecule has 11 heteroatoms. The van der Waals surface area contributed by atoms with Crippen LogP contribution in [0.25, 0.3) is 0 Å². The SMILES string of the molecule is CC[C@@H](C(=O)NCCOc1ccc(S(=O)(=O)N2CCCC2)cc1)N(c1ccccc1)S(C)(=O)=O. The first-order valence-corrected chi connectivity index (χ1v) is 14.5. The highest BCUT2D eigenvalue weighted by Gasteiger charge is 2.31. The minimum absolute atomic E-state index is 0.143. The summed E-state index contributed by atoms with van der Waals surface area (Å²) in [5.41, 5.74) is 0.423. The van der Waals surface area contributed by atoms with Crippen molar-refractivity contribution in [1.82, 2.24) is 9.62 Å². The van der Waals surface area contributed by atoms with Crippen LogP contribution in [-0.2, 0) is 24.8 Å². The van der Waals surface area contributed by atoms with Gasteiger partial charge in [-0.1, -0.05) is 25.1 Å². The van der Waals surface area contributed by atoms with Gasteiger partial charge >= 0.3 is 0 Å². The average molecular weight is 510 g/mol. The molecule has 0 aromatic heterocycles. The average Bonchev–Trinajstić information content (AvgIpc) is 3.36. The second-order valence-electron chi connectivity index (χ2n) is 8.04. The number of anilines is 1. The molecule has 0 bridgehead atoms. The van der Waals surface area contributed by atoms with E-state index in [2.05, 4.69) is 5.32 Å². The molecular weight excluding hydrogens is 478 g/mol. The number of ether oxygens (including phenoxy) is 1. The van der Waals surface area contributed by atoms with E-state index in [1.54, 1.807) is 49.4 Å². The van der Waals surface area contributed by atoms with Gasteiger partial charge in [-0.05, 0) is 55.7 Å². The lowest BCUT2D eigenvalue weighted by atomic mass is 10.2. The number of sulfonamides is 2. The number of carbonyl (C=O) groups excluding carboxylic acids is 1. The van der Waals surface area contributed by atoms with Crippen LogP contribution in [0, 0.1) is 0 Å². The minimum Gasteiger partial charge on any atom is -0.492 e. The maximum atomic E-state index is 12.8. The van der Waals surface area contributed by atoms with Crippen LogP contribution < -0.4 is 14.4 Å². The van der Waals surface area contributed by atoms with Crippen LogP contribution in [0.15, 0.2) is 59.5 Å². The first-order valence-electron chi connectivity index (χ1n) is 11.2. The van der Waals surface area contributed by atoms with Crippen molar-refractivity contribution in [3.8, 4) is 5.75 Å². The third kappa shape index (κ3) is 6.28. The highest BCUT2D eigenvalue weighted by molar-refractivity contribution is 7.92. The van der Waals surface area contributed by atoms with Gasteiger partial charge < -0.3 is 10.1 Å². The lowest BCUT2D eigenvalue weighted by Gasteiger charge is -2.30. The molecule has 0 radical (unpaired) electrons. The molecule has 0 aliphatic carbocycles. The predicted octanol–water partition coefficient (Wildman–Crippen LogP) is 2.21. The molecule has 0 unspecified atom stereocenters. The van der Waals surface area contributed by atoms with Crippen molar-refractivity contribution in [3.63, 3.8) is 0 Å². The summed E-state index contributed by atoms with van der Waals surface area (Å²) in [6.07, 6.45) is 3.12. The van der Waals surface area contributed by atoms with Crippen molar-refractivity contribution < 1.29 is 26.4 Å². The van der Waals surface area contributed by atoms with Crippen LogP contribution in [0.3, 0.4) is 0 Å². The highest BCUT2D eigenvalue weighted by Crippen LogP contribution is 2.23. The molecule has 0 saturated carbocycles. The van der Waals surface area contributed by atoms with E-state index in [0.717, 1.165) is 23.4 Å². The van der Waals surface area contributed by atoms with Crippen LogP contribution in [0.4, 0.5) is 5.69 Å². The van der Waals surface area contributed by atoms with Crippen LogP contribution >= 0.6 is 0 Å². The Morgan fingerprint density at radius 3 is 2.21 bits per heavy atom. The summed E-state index contributed by atoms with van der Waals surface area (Å²) in [5.74, 6) is 0.0520. The van der Waals surface area contributed by atoms with Crippen molar-refractivity contribution in [2.75, 3.05) is 36.8 Å². The molecule has 3 rings (SSSR count). The Morgan fingerprint density at radius 1 is 1.03 bits per heavy atom. The highest BCUT2D eigenvalue weighted by atomic mass is 32.2. The number of amides is 1. The molecule has 1 atom stereocenters. The lowest BCUT2D eigenvalue weighted by Crippen LogP contribution is -2.49. The van der Waals surface area contributed by atoms with Crippen molar-refractivity contribution >= 4 is 31.6 Å². The number of benzene rings is 2. The Morgan fingerprint density at radius 2 is 1.65 bits per heavy atom. The Bertz CT molecular complexity index is 1160. The van der Waals surface area contributed by atoms with Gasteiger partial charge in [-0.15, -0.1) is 0 Å².